The Morgan fingerprint density at radius 2 is 1.95 bits per heavy atom. The quantitative estimate of drug-likeness (QED) is 0.574. The molecule has 2 aromatic rings. The van der Waals surface area contributed by atoms with E-state index in [4.69, 9.17) is 10.6 Å². The van der Waals surface area contributed by atoms with Crippen molar-refractivity contribution in [1.29, 1.82) is 0 Å². The largest absolute Gasteiger partial charge is 0.372 e. The van der Waals surface area contributed by atoms with Crippen molar-refractivity contribution in [1.82, 2.24) is 9.97 Å². The lowest BCUT2D eigenvalue weighted by Gasteiger charge is -2.11. The zero-order valence-electron chi connectivity index (χ0n) is 10.6. The van der Waals surface area contributed by atoms with Crippen molar-refractivity contribution < 1.29 is 4.74 Å². The van der Waals surface area contributed by atoms with Crippen LogP contribution in [0.1, 0.15) is 16.7 Å². The molecule has 1 aliphatic rings. The molecule has 0 bridgehead atoms. The third-order valence-electron chi connectivity index (χ3n) is 3.20. The molecule has 19 heavy (non-hydrogen) atoms. The lowest BCUT2D eigenvalue weighted by Crippen LogP contribution is -2.11. The number of nitrogen functional groups attached to an aromatic ring is 1. The van der Waals surface area contributed by atoms with Gasteiger partial charge in [0, 0.05) is 11.3 Å². The third-order valence-corrected chi connectivity index (χ3v) is 3.20. The summed E-state index contributed by atoms with van der Waals surface area (Å²) in [4.78, 5) is 8.28. The lowest BCUT2D eigenvalue weighted by molar-refractivity contribution is 0.134. The van der Waals surface area contributed by atoms with Crippen LogP contribution in [0.3, 0.4) is 0 Å². The first-order valence-corrected chi connectivity index (χ1v) is 6.02. The highest BCUT2D eigenvalue weighted by Gasteiger charge is 2.12. The number of hydrogen-bond acceptors (Lipinski definition) is 6. The van der Waals surface area contributed by atoms with E-state index in [0.717, 1.165) is 17.1 Å². The van der Waals surface area contributed by atoms with E-state index in [1.807, 2.05) is 13.0 Å². The number of nitrogens with one attached hydrogen (secondary N) is 2. The normalized spacial score (nSPS) is 13.2. The van der Waals surface area contributed by atoms with Gasteiger partial charge in [0.2, 0.25) is 0 Å². The van der Waals surface area contributed by atoms with E-state index in [1.165, 1.54) is 17.5 Å². The number of hydrazine groups is 1. The van der Waals surface area contributed by atoms with E-state index in [9.17, 15) is 0 Å². The van der Waals surface area contributed by atoms with Crippen molar-refractivity contribution in [3.8, 4) is 0 Å². The second-order valence-corrected chi connectivity index (χ2v) is 4.44. The summed E-state index contributed by atoms with van der Waals surface area (Å²) in [6.45, 7) is 3.28. The number of ether oxygens (including phenoxy) is 1. The Morgan fingerprint density at radius 1 is 1.16 bits per heavy atom. The fraction of sp³-hybridized carbons (Fsp3) is 0.231. The average Bonchev–Trinajstić information content (AvgIpc) is 2.88. The SMILES string of the molecule is Cc1c(NN)ncnc1Nc1ccc2c(c1)COC2. The molecule has 0 unspecified atom stereocenters. The average molecular weight is 257 g/mol. The smallest absolute Gasteiger partial charge is 0.148 e. The third kappa shape index (κ3) is 2.23. The first kappa shape index (κ1) is 11.9. The Bertz CT molecular complexity index is 614. The number of nitrogens with zero attached hydrogens (tertiary/aromatic N) is 2. The molecule has 4 N–H and O–H groups in total. The Labute approximate surface area is 111 Å². The van der Waals surface area contributed by atoms with E-state index in [2.05, 4.69) is 32.8 Å². The molecule has 0 amide bonds. The second kappa shape index (κ2) is 4.83. The van der Waals surface area contributed by atoms with Gasteiger partial charge in [0.1, 0.15) is 18.0 Å². The summed E-state index contributed by atoms with van der Waals surface area (Å²) in [5.41, 5.74) is 6.87. The summed E-state index contributed by atoms with van der Waals surface area (Å²) in [6, 6.07) is 6.17. The maximum atomic E-state index is 5.40. The van der Waals surface area contributed by atoms with Gasteiger partial charge in [-0.25, -0.2) is 15.8 Å². The van der Waals surface area contributed by atoms with Crippen molar-refractivity contribution in [3.05, 3.63) is 41.2 Å². The van der Waals surface area contributed by atoms with Gasteiger partial charge in [-0.05, 0) is 30.2 Å². The zero-order valence-corrected chi connectivity index (χ0v) is 10.6. The molecule has 98 valence electrons. The molecular weight excluding hydrogens is 242 g/mol. The summed E-state index contributed by atoms with van der Waals surface area (Å²) in [6.07, 6.45) is 1.47. The Balaban J connectivity index is 1.89. The van der Waals surface area contributed by atoms with Crippen LogP contribution in [-0.4, -0.2) is 9.97 Å². The number of hydrogen-bond donors (Lipinski definition) is 3. The van der Waals surface area contributed by atoms with Crippen LogP contribution in [0.4, 0.5) is 17.3 Å². The summed E-state index contributed by atoms with van der Waals surface area (Å²) in [5.74, 6) is 6.75. The molecule has 0 spiro atoms. The van der Waals surface area contributed by atoms with Crippen LogP contribution in [0.15, 0.2) is 24.5 Å². The molecule has 0 saturated heterocycles. The van der Waals surface area contributed by atoms with Crippen LogP contribution in [0, 0.1) is 6.92 Å². The molecule has 3 rings (SSSR count). The highest BCUT2D eigenvalue weighted by atomic mass is 16.5. The van der Waals surface area contributed by atoms with Gasteiger partial charge in [0.05, 0.1) is 13.2 Å². The number of anilines is 3. The fourth-order valence-electron chi connectivity index (χ4n) is 2.11. The molecule has 1 aliphatic heterocycles. The van der Waals surface area contributed by atoms with Crippen molar-refractivity contribution in [3.63, 3.8) is 0 Å². The molecular formula is C13H15N5O. The molecule has 1 aromatic heterocycles. The molecule has 6 nitrogen and oxygen atoms in total. The maximum absolute atomic E-state index is 5.40. The second-order valence-electron chi connectivity index (χ2n) is 4.44. The Kier molecular flexibility index (Phi) is 3.02. The Hall–Kier alpha value is -2.18. The zero-order chi connectivity index (χ0) is 13.2. The number of aromatic nitrogens is 2. The van der Waals surface area contributed by atoms with Crippen molar-refractivity contribution in [2.24, 2.45) is 5.84 Å². The van der Waals surface area contributed by atoms with Gasteiger partial charge < -0.3 is 15.5 Å². The summed E-state index contributed by atoms with van der Waals surface area (Å²) in [7, 11) is 0. The number of rotatable bonds is 3. The topological polar surface area (TPSA) is 85.1 Å². The van der Waals surface area contributed by atoms with Crippen LogP contribution in [0.2, 0.25) is 0 Å². The molecule has 0 aliphatic carbocycles. The summed E-state index contributed by atoms with van der Waals surface area (Å²) >= 11 is 0. The van der Waals surface area contributed by atoms with Gasteiger partial charge in [-0.3, -0.25) is 0 Å². The highest BCUT2D eigenvalue weighted by molar-refractivity contribution is 5.65. The highest BCUT2D eigenvalue weighted by Crippen LogP contribution is 2.26. The molecule has 0 radical (unpaired) electrons. The van der Waals surface area contributed by atoms with Crippen LogP contribution in [0.25, 0.3) is 0 Å². The van der Waals surface area contributed by atoms with Gasteiger partial charge in [-0.15, -0.1) is 0 Å². The predicted molar refractivity (Wildman–Crippen MR) is 72.8 cm³/mol. The van der Waals surface area contributed by atoms with Crippen LogP contribution in [0.5, 0.6) is 0 Å². The lowest BCUT2D eigenvalue weighted by atomic mass is 10.1. The number of benzene rings is 1. The van der Waals surface area contributed by atoms with Gasteiger partial charge in [0.25, 0.3) is 0 Å². The number of fused-ring (bicyclic) bond motifs is 1. The monoisotopic (exact) mass is 257 g/mol. The summed E-state index contributed by atoms with van der Waals surface area (Å²) in [5, 5.41) is 3.27. The van der Waals surface area contributed by atoms with Crippen LogP contribution in [-0.2, 0) is 18.0 Å². The van der Waals surface area contributed by atoms with Gasteiger partial charge in [-0.1, -0.05) is 6.07 Å². The van der Waals surface area contributed by atoms with E-state index < -0.39 is 0 Å². The minimum atomic E-state index is 0.613. The maximum Gasteiger partial charge on any atom is 0.148 e. The molecule has 0 fully saturated rings. The van der Waals surface area contributed by atoms with E-state index in [0.29, 0.717) is 19.0 Å². The van der Waals surface area contributed by atoms with Gasteiger partial charge >= 0.3 is 0 Å². The van der Waals surface area contributed by atoms with E-state index in [-0.39, 0.29) is 0 Å². The van der Waals surface area contributed by atoms with E-state index >= 15 is 0 Å². The number of nitrogens with two attached hydrogens (primary N) is 1. The van der Waals surface area contributed by atoms with Gasteiger partial charge in [-0.2, -0.15) is 0 Å². The molecule has 6 heteroatoms. The summed E-state index contributed by atoms with van der Waals surface area (Å²) < 4.78 is 5.40. The van der Waals surface area contributed by atoms with Gasteiger partial charge in [0.15, 0.2) is 0 Å². The van der Waals surface area contributed by atoms with Crippen molar-refractivity contribution in [2.45, 2.75) is 20.1 Å². The minimum Gasteiger partial charge on any atom is -0.372 e. The van der Waals surface area contributed by atoms with Crippen LogP contribution < -0.4 is 16.6 Å². The first-order valence-electron chi connectivity index (χ1n) is 6.02. The standard InChI is InChI=1S/C13H15N5O/c1-8-12(15-7-16-13(8)18-14)17-11-3-2-9-5-19-6-10(9)4-11/h2-4,7H,5-6,14H2,1H3,(H2,15,16,17,18). The molecule has 0 atom stereocenters. The first-order chi connectivity index (χ1) is 9.28. The van der Waals surface area contributed by atoms with Crippen molar-refractivity contribution in [2.75, 3.05) is 10.7 Å². The molecule has 2 heterocycles. The Morgan fingerprint density at radius 3 is 2.79 bits per heavy atom. The van der Waals surface area contributed by atoms with E-state index in [1.54, 1.807) is 0 Å². The van der Waals surface area contributed by atoms with Crippen molar-refractivity contribution >= 4 is 17.3 Å². The fourth-order valence-corrected chi connectivity index (χ4v) is 2.11. The van der Waals surface area contributed by atoms with Crippen LogP contribution >= 0.6 is 0 Å². The molecule has 0 saturated carbocycles. The minimum absolute atomic E-state index is 0.613. The molecule has 1 aromatic carbocycles. The predicted octanol–water partition coefficient (Wildman–Crippen LogP) is 1.84.